The molecule has 28 heavy (non-hydrogen) atoms. The molecular formula is C20H25ClN4O2S. The number of anilines is 1. The fraction of sp³-hybridized carbons (Fsp3) is 0.450. The second-order valence-corrected chi connectivity index (χ2v) is 7.94. The van der Waals surface area contributed by atoms with Crippen LogP contribution in [-0.4, -0.2) is 49.2 Å². The molecule has 1 amide bonds. The van der Waals surface area contributed by atoms with E-state index < -0.39 is 0 Å². The van der Waals surface area contributed by atoms with Crippen LogP contribution in [-0.2, 0) is 10.5 Å². The Kier molecular flexibility index (Phi) is 7.94. The SMILES string of the molecule is COCCCNC(=O)c1ccc(CSc2nc(Cl)cc(N3CCCC3)n2)cc1. The molecular weight excluding hydrogens is 396 g/mol. The summed E-state index contributed by atoms with van der Waals surface area (Å²) in [6.07, 6.45) is 3.18. The van der Waals surface area contributed by atoms with Crippen LogP contribution in [0.5, 0.6) is 0 Å². The normalized spacial score (nSPS) is 13.7. The summed E-state index contributed by atoms with van der Waals surface area (Å²) >= 11 is 7.73. The fourth-order valence-corrected chi connectivity index (χ4v) is 4.02. The Morgan fingerprint density at radius 3 is 2.71 bits per heavy atom. The van der Waals surface area contributed by atoms with Crippen molar-refractivity contribution in [1.29, 1.82) is 0 Å². The quantitative estimate of drug-likeness (QED) is 0.288. The minimum atomic E-state index is -0.0660. The van der Waals surface area contributed by atoms with Gasteiger partial charge in [0.2, 0.25) is 0 Å². The first kappa shape index (κ1) is 20.9. The summed E-state index contributed by atoms with van der Waals surface area (Å²) in [5.41, 5.74) is 1.76. The molecule has 1 aromatic carbocycles. The number of ether oxygens (including phenoxy) is 1. The smallest absolute Gasteiger partial charge is 0.251 e. The van der Waals surface area contributed by atoms with Crippen LogP contribution in [0.25, 0.3) is 0 Å². The number of carbonyl (C=O) groups is 1. The van der Waals surface area contributed by atoms with Gasteiger partial charge in [-0.25, -0.2) is 9.97 Å². The third-order valence-electron chi connectivity index (χ3n) is 4.49. The molecule has 1 saturated heterocycles. The molecule has 1 N–H and O–H groups in total. The van der Waals surface area contributed by atoms with E-state index in [-0.39, 0.29) is 5.91 Å². The Balaban J connectivity index is 1.54. The van der Waals surface area contributed by atoms with E-state index in [4.69, 9.17) is 16.3 Å². The summed E-state index contributed by atoms with van der Waals surface area (Å²) in [6.45, 7) is 3.29. The van der Waals surface area contributed by atoms with Gasteiger partial charge < -0.3 is 15.0 Å². The highest BCUT2D eigenvalue weighted by molar-refractivity contribution is 7.98. The number of aromatic nitrogens is 2. The van der Waals surface area contributed by atoms with Gasteiger partial charge in [-0.3, -0.25) is 4.79 Å². The first-order valence-corrected chi connectivity index (χ1v) is 10.8. The van der Waals surface area contributed by atoms with Gasteiger partial charge in [0.05, 0.1) is 0 Å². The van der Waals surface area contributed by atoms with Crippen molar-refractivity contribution in [2.45, 2.75) is 30.2 Å². The lowest BCUT2D eigenvalue weighted by Crippen LogP contribution is -2.25. The van der Waals surface area contributed by atoms with E-state index in [1.807, 2.05) is 30.3 Å². The maximum absolute atomic E-state index is 12.1. The van der Waals surface area contributed by atoms with E-state index in [1.165, 1.54) is 12.8 Å². The Hall–Kier alpha value is -1.83. The molecule has 0 atom stereocenters. The second-order valence-electron chi connectivity index (χ2n) is 6.61. The minimum absolute atomic E-state index is 0.0660. The molecule has 1 aliphatic heterocycles. The van der Waals surface area contributed by atoms with Crippen molar-refractivity contribution >= 4 is 35.1 Å². The van der Waals surface area contributed by atoms with Gasteiger partial charge in [-0.15, -0.1) is 0 Å². The van der Waals surface area contributed by atoms with E-state index in [0.717, 1.165) is 36.6 Å². The van der Waals surface area contributed by atoms with Crippen LogP contribution in [0.2, 0.25) is 5.15 Å². The number of amides is 1. The summed E-state index contributed by atoms with van der Waals surface area (Å²) in [4.78, 5) is 23.3. The van der Waals surface area contributed by atoms with Crippen LogP contribution < -0.4 is 10.2 Å². The first-order valence-electron chi connectivity index (χ1n) is 9.44. The van der Waals surface area contributed by atoms with Crippen molar-refractivity contribution in [3.05, 3.63) is 46.6 Å². The summed E-state index contributed by atoms with van der Waals surface area (Å²) in [5, 5.41) is 4.03. The molecule has 0 spiro atoms. The van der Waals surface area contributed by atoms with Crippen LogP contribution >= 0.6 is 23.4 Å². The summed E-state index contributed by atoms with van der Waals surface area (Å²) < 4.78 is 4.98. The predicted molar refractivity (Wildman–Crippen MR) is 113 cm³/mol. The van der Waals surface area contributed by atoms with Gasteiger partial charge in [-0.05, 0) is 37.0 Å². The van der Waals surface area contributed by atoms with Crippen LogP contribution in [0, 0.1) is 0 Å². The minimum Gasteiger partial charge on any atom is -0.385 e. The summed E-state index contributed by atoms with van der Waals surface area (Å²) in [7, 11) is 1.65. The molecule has 2 heterocycles. The molecule has 1 aromatic heterocycles. The van der Waals surface area contributed by atoms with E-state index in [1.54, 1.807) is 18.9 Å². The molecule has 0 saturated carbocycles. The van der Waals surface area contributed by atoms with Gasteiger partial charge in [0.1, 0.15) is 11.0 Å². The molecule has 0 aliphatic carbocycles. The molecule has 1 fully saturated rings. The highest BCUT2D eigenvalue weighted by Crippen LogP contribution is 2.26. The molecule has 6 nitrogen and oxygen atoms in total. The Bertz CT molecular complexity index is 782. The number of thioether (sulfide) groups is 1. The molecule has 3 rings (SSSR count). The number of benzene rings is 1. The Morgan fingerprint density at radius 2 is 2.00 bits per heavy atom. The molecule has 0 radical (unpaired) electrons. The number of nitrogens with one attached hydrogen (secondary N) is 1. The monoisotopic (exact) mass is 420 g/mol. The number of carbonyl (C=O) groups excluding carboxylic acids is 1. The van der Waals surface area contributed by atoms with Crippen molar-refractivity contribution in [2.24, 2.45) is 0 Å². The predicted octanol–water partition coefficient (Wildman–Crippen LogP) is 3.79. The number of hydrogen-bond donors (Lipinski definition) is 1. The van der Waals surface area contributed by atoms with Crippen LogP contribution in [0.1, 0.15) is 35.2 Å². The Morgan fingerprint density at radius 1 is 1.25 bits per heavy atom. The van der Waals surface area contributed by atoms with Gasteiger partial charge in [0, 0.05) is 50.7 Å². The average Bonchev–Trinajstić information content (AvgIpc) is 3.24. The van der Waals surface area contributed by atoms with Crippen molar-refractivity contribution in [3.63, 3.8) is 0 Å². The van der Waals surface area contributed by atoms with E-state index in [2.05, 4.69) is 20.2 Å². The second kappa shape index (κ2) is 10.6. The van der Waals surface area contributed by atoms with E-state index in [0.29, 0.717) is 29.0 Å². The highest BCUT2D eigenvalue weighted by Gasteiger charge is 2.15. The number of halogens is 1. The molecule has 150 valence electrons. The van der Waals surface area contributed by atoms with Gasteiger partial charge in [-0.1, -0.05) is 35.5 Å². The maximum Gasteiger partial charge on any atom is 0.251 e. The zero-order valence-corrected chi connectivity index (χ0v) is 17.6. The van der Waals surface area contributed by atoms with Crippen molar-refractivity contribution in [1.82, 2.24) is 15.3 Å². The lowest BCUT2D eigenvalue weighted by atomic mass is 10.1. The van der Waals surface area contributed by atoms with Crippen LogP contribution in [0.15, 0.2) is 35.5 Å². The maximum atomic E-state index is 12.1. The van der Waals surface area contributed by atoms with Crippen molar-refractivity contribution in [2.75, 3.05) is 38.3 Å². The van der Waals surface area contributed by atoms with Gasteiger partial charge >= 0.3 is 0 Å². The topological polar surface area (TPSA) is 67.3 Å². The van der Waals surface area contributed by atoms with Crippen molar-refractivity contribution < 1.29 is 9.53 Å². The zero-order valence-electron chi connectivity index (χ0n) is 16.0. The van der Waals surface area contributed by atoms with Gasteiger partial charge in [0.15, 0.2) is 5.16 Å². The molecule has 1 aliphatic rings. The van der Waals surface area contributed by atoms with E-state index in [9.17, 15) is 4.79 Å². The summed E-state index contributed by atoms with van der Waals surface area (Å²) in [5.74, 6) is 1.56. The highest BCUT2D eigenvalue weighted by atomic mass is 35.5. The molecule has 2 aromatic rings. The zero-order chi connectivity index (χ0) is 19.8. The van der Waals surface area contributed by atoms with E-state index >= 15 is 0 Å². The summed E-state index contributed by atoms with van der Waals surface area (Å²) in [6, 6.07) is 9.44. The number of methoxy groups -OCH3 is 1. The third-order valence-corrected chi connectivity index (χ3v) is 5.60. The third kappa shape index (κ3) is 6.09. The van der Waals surface area contributed by atoms with Crippen LogP contribution in [0.4, 0.5) is 5.82 Å². The van der Waals surface area contributed by atoms with Gasteiger partial charge in [0.25, 0.3) is 5.91 Å². The van der Waals surface area contributed by atoms with Crippen molar-refractivity contribution in [3.8, 4) is 0 Å². The molecule has 0 bridgehead atoms. The number of hydrogen-bond acceptors (Lipinski definition) is 6. The molecule has 8 heteroatoms. The Labute approximate surface area is 175 Å². The lowest BCUT2D eigenvalue weighted by Gasteiger charge is -2.16. The largest absolute Gasteiger partial charge is 0.385 e. The fourth-order valence-electron chi connectivity index (χ4n) is 2.98. The average molecular weight is 421 g/mol. The van der Waals surface area contributed by atoms with Crippen LogP contribution in [0.3, 0.4) is 0 Å². The number of nitrogens with zero attached hydrogens (tertiary/aromatic N) is 3. The standard InChI is InChI=1S/C20H25ClN4O2S/c1-27-12-4-9-22-19(26)16-7-5-15(6-8-16)14-28-20-23-17(21)13-18(24-20)25-10-2-3-11-25/h5-8,13H,2-4,9-12,14H2,1H3,(H,22,26). The lowest BCUT2D eigenvalue weighted by molar-refractivity contribution is 0.0948. The molecule has 0 unspecified atom stereocenters. The first-order chi connectivity index (χ1) is 13.7. The van der Waals surface area contributed by atoms with Gasteiger partial charge in [-0.2, -0.15) is 0 Å². The number of rotatable bonds is 9.